The zero-order valence-corrected chi connectivity index (χ0v) is 9.58. The van der Waals surface area contributed by atoms with Gasteiger partial charge in [-0.25, -0.2) is 0 Å². The maximum absolute atomic E-state index is 9.45. The molecule has 1 aliphatic rings. The largest absolute Gasteiger partial charge is 0.393 e. The highest BCUT2D eigenvalue weighted by molar-refractivity contribution is 5.76. The van der Waals surface area contributed by atoms with E-state index in [1.165, 1.54) is 0 Å². The molecular formula is C11H23N3O. The van der Waals surface area contributed by atoms with Crippen LogP contribution < -0.4 is 5.73 Å². The predicted octanol–water partition coefficient (Wildman–Crippen LogP) is 0.795. The highest BCUT2D eigenvalue weighted by atomic mass is 16.3. The Bertz CT molecular complexity index is 198. The van der Waals surface area contributed by atoms with E-state index < -0.39 is 0 Å². The molecule has 1 aliphatic heterocycles. The molecule has 0 bridgehead atoms. The molecule has 4 nitrogen and oxygen atoms in total. The summed E-state index contributed by atoms with van der Waals surface area (Å²) in [6.45, 7) is 5.07. The summed E-state index contributed by atoms with van der Waals surface area (Å²) in [7, 11) is 0. The molecule has 0 amide bonds. The molecule has 0 radical (unpaired) electrons. The second-order valence-electron chi connectivity index (χ2n) is 4.55. The smallest absolute Gasteiger partial charge is 0.0905 e. The lowest BCUT2D eigenvalue weighted by atomic mass is 9.92. The third-order valence-electron chi connectivity index (χ3n) is 3.23. The number of hydrogen-bond donors (Lipinski definition) is 3. The van der Waals surface area contributed by atoms with Gasteiger partial charge in [0.05, 0.1) is 11.9 Å². The number of likely N-dealkylation sites (tertiary alicyclic amines) is 1. The van der Waals surface area contributed by atoms with Gasteiger partial charge in [0.15, 0.2) is 0 Å². The van der Waals surface area contributed by atoms with E-state index in [1.54, 1.807) is 0 Å². The van der Waals surface area contributed by atoms with Gasteiger partial charge in [0, 0.05) is 6.42 Å². The number of nitrogens with one attached hydrogen (secondary N) is 1. The van der Waals surface area contributed by atoms with Gasteiger partial charge in [0.1, 0.15) is 0 Å². The number of rotatable bonds is 5. The Hall–Kier alpha value is -0.610. The number of amidine groups is 1. The zero-order valence-electron chi connectivity index (χ0n) is 9.58. The summed E-state index contributed by atoms with van der Waals surface area (Å²) in [6, 6.07) is 0. The summed E-state index contributed by atoms with van der Waals surface area (Å²) in [6.07, 6.45) is 3.71. The molecule has 1 atom stereocenters. The van der Waals surface area contributed by atoms with Gasteiger partial charge in [-0.2, -0.15) is 0 Å². The third-order valence-corrected chi connectivity index (χ3v) is 3.23. The molecule has 0 spiro atoms. The van der Waals surface area contributed by atoms with Crippen molar-refractivity contribution in [3.05, 3.63) is 0 Å². The lowest BCUT2D eigenvalue weighted by Crippen LogP contribution is -2.37. The molecule has 1 saturated heterocycles. The van der Waals surface area contributed by atoms with Gasteiger partial charge in [-0.05, 0) is 51.7 Å². The van der Waals surface area contributed by atoms with E-state index >= 15 is 0 Å². The van der Waals surface area contributed by atoms with E-state index in [0.717, 1.165) is 38.9 Å². The van der Waals surface area contributed by atoms with Gasteiger partial charge in [-0.15, -0.1) is 0 Å². The topological polar surface area (TPSA) is 73.3 Å². The zero-order chi connectivity index (χ0) is 11.3. The predicted molar refractivity (Wildman–Crippen MR) is 62.0 cm³/mol. The number of piperidine rings is 1. The molecule has 4 N–H and O–H groups in total. The van der Waals surface area contributed by atoms with Gasteiger partial charge in [-0.1, -0.05) is 0 Å². The summed E-state index contributed by atoms with van der Waals surface area (Å²) in [5.41, 5.74) is 5.30. The fourth-order valence-electron chi connectivity index (χ4n) is 2.15. The Labute approximate surface area is 92.0 Å². The van der Waals surface area contributed by atoms with E-state index in [4.69, 9.17) is 11.1 Å². The highest BCUT2D eigenvalue weighted by Crippen LogP contribution is 2.20. The molecule has 0 aromatic heterocycles. The molecule has 1 fully saturated rings. The fourth-order valence-corrected chi connectivity index (χ4v) is 2.15. The van der Waals surface area contributed by atoms with Crippen molar-refractivity contribution < 1.29 is 5.11 Å². The molecule has 1 unspecified atom stereocenters. The molecular weight excluding hydrogens is 190 g/mol. The molecule has 1 heterocycles. The number of nitrogens with two attached hydrogens (primary N) is 1. The summed E-state index contributed by atoms with van der Waals surface area (Å²) in [5.74, 6) is 0.767. The van der Waals surface area contributed by atoms with Crippen LogP contribution in [-0.2, 0) is 0 Å². The van der Waals surface area contributed by atoms with Crippen LogP contribution in [0.3, 0.4) is 0 Å². The average molecular weight is 213 g/mol. The molecule has 0 aromatic rings. The quantitative estimate of drug-likeness (QED) is 0.467. The van der Waals surface area contributed by atoms with E-state index in [-0.39, 0.29) is 11.9 Å². The van der Waals surface area contributed by atoms with Gasteiger partial charge in [0.2, 0.25) is 0 Å². The Balaban J connectivity index is 2.12. The summed E-state index contributed by atoms with van der Waals surface area (Å²) < 4.78 is 0. The second-order valence-corrected chi connectivity index (χ2v) is 4.55. The Morgan fingerprint density at radius 1 is 1.53 bits per heavy atom. The van der Waals surface area contributed by atoms with E-state index in [2.05, 4.69) is 4.90 Å². The van der Waals surface area contributed by atoms with Crippen molar-refractivity contribution in [2.75, 3.05) is 19.6 Å². The minimum absolute atomic E-state index is 0.163. The van der Waals surface area contributed by atoms with Crippen LogP contribution in [0.4, 0.5) is 0 Å². The number of hydrogen-bond acceptors (Lipinski definition) is 3. The van der Waals surface area contributed by atoms with Crippen LogP contribution in [0.15, 0.2) is 0 Å². The van der Waals surface area contributed by atoms with Crippen molar-refractivity contribution in [2.45, 2.75) is 38.7 Å². The van der Waals surface area contributed by atoms with Crippen LogP contribution >= 0.6 is 0 Å². The highest BCUT2D eigenvalue weighted by Gasteiger charge is 2.21. The van der Waals surface area contributed by atoms with Gasteiger partial charge in [0.25, 0.3) is 0 Å². The summed E-state index contributed by atoms with van der Waals surface area (Å²) in [4.78, 5) is 2.40. The fraction of sp³-hybridized carbons (Fsp3) is 0.909. The monoisotopic (exact) mass is 213 g/mol. The molecule has 88 valence electrons. The number of nitrogens with zero attached hydrogens (tertiary/aromatic N) is 1. The first-order valence-electron chi connectivity index (χ1n) is 5.83. The first kappa shape index (κ1) is 12.5. The van der Waals surface area contributed by atoms with Crippen molar-refractivity contribution in [3.63, 3.8) is 0 Å². The maximum Gasteiger partial charge on any atom is 0.0905 e. The maximum atomic E-state index is 9.45. The Kier molecular flexibility index (Phi) is 5.05. The molecule has 0 aliphatic carbocycles. The standard InChI is InChI=1S/C11H23N3O/c1-9(15)10-4-7-14(8-5-10)6-2-3-11(12)13/h9-10,15H,2-8H2,1H3,(H3,12,13). The minimum atomic E-state index is -0.163. The van der Waals surface area contributed by atoms with Gasteiger partial charge >= 0.3 is 0 Å². The molecule has 15 heavy (non-hydrogen) atoms. The van der Waals surface area contributed by atoms with Crippen LogP contribution in [0.25, 0.3) is 0 Å². The van der Waals surface area contributed by atoms with Crippen molar-refractivity contribution >= 4 is 5.84 Å². The van der Waals surface area contributed by atoms with Crippen LogP contribution in [0, 0.1) is 11.3 Å². The van der Waals surface area contributed by atoms with Crippen molar-refractivity contribution in [2.24, 2.45) is 11.7 Å². The van der Waals surface area contributed by atoms with Crippen LogP contribution in [-0.4, -0.2) is 41.6 Å². The first-order valence-corrected chi connectivity index (χ1v) is 5.83. The molecule has 0 saturated carbocycles. The molecule has 0 aromatic carbocycles. The van der Waals surface area contributed by atoms with E-state index in [0.29, 0.717) is 12.3 Å². The van der Waals surface area contributed by atoms with Crippen LogP contribution in [0.1, 0.15) is 32.6 Å². The minimum Gasteiger partial charge on any atom is -0.393 e. The van der Waals surface area contributed by atoms with Gasteiger partial charge in [-0.3, -0.25) is 5.41 Å². The second kappa shape index (κ2) is 6.08. The van der Waals surface area contributed by atoms with E-state index in [1.807, 2.05) is 6.92 Å². The SMILES string of the molecule is CC(O)C1CCN(CCCC(=N)N)CC1. The normalized spacial score (nSPS) is 21.5. The Morgan fingerprint density at radius 3 is 2.60 bits per heavy atom. The lowest BCUT2D eigenvalue weighted by molar-refractivity contribution is 0.0717. The molecule has 1 rings (SSSR count). The first-order chi connectivity index (χ1) is 7.09. The number of aliphatic hydroxyl groups is 1. The summed E-state index contributed by atoms with van der Waals surface area (Å²) in [5, 5.41) is 16.6. The van der Waals surface area contributed by atoms with Crippen LogP contribution in [0.2, 0.25) is 0 Å². The molecule has 4 heteroatoms. The van der Waals surface area contributed by atoms with Crippen LogP contribution in [0.5, 0.6) is 0 Å². The van der Waals surface area contributed by atoms with Gasteiger partial charge < -0.3 is 15.7 Å². The number of aliphatic hydroxyl groups excluding tert-OH is 1. The van der Waals surface area contributed by atoms with Crippen molar-refractivity contribution in [3.8, 4) is 0 Å². The third kappa shape index (κ3) is 4.62. The van der Waals surface area contributed by atoms with Crippen molar-refractivity contribution in [1.82, 2.24) is 4.90 Å². The van der Waals surface area contributed by atoms with Crippen molar-refractivity contribution in [1.29, 1.82) is 5.41 Å². The average Bonchev–Trinajstić information content (AvgIpc) is 2.18. The summed E-state index contributed by atoms with van der Waals surface area (Å²) >= 11 is 0. The Morgan fingerprint density at radius 2 is 2.13 bits per heavy atom. The lowest BCUT2D eigenvalue weighted by Gasteiger charge is -2.33. The van der Waals surface area contributed by atoms with E-state index in [9.17, 15) is 5.11 Å².